The van der Waals surface area contributed by atoms with Crippen LogP contribution in [0.4, 0.5) is 0 Å². The van der Waals surface area contributed by atoms with Crippen molar-refractivity contribution in [3.63, 3.8) is 0 Å². The fourth-order valence-electron chi connectivity index (χ4n) is 3.75. The summed E-state index contributed by atoms with van der Waals surface area (Å²) in [5, 5.41) is 11.6. The zero-order valence-electron chi connectivity index (χ0n) is 17.9. The molecule has 0 aliphatic carbocycles. The molecule has 168 valence electrons. The number of likely N-dealkylation sites (tertiary alicyclic amines) is 1. The number of methoxy groups -OCH3 is 2. The van der Waals surface area contributed by atoms with Gasteiger partial charge >= 0.3 is 0 Å². The fraction of sp³-hybridized carbons (Fsp3) is 0.167. The molecule has 0 spiro atoms. The Morgan fingerprint density at radius 3 is 2.33 bits per heavy atom. The summed E-state index contributed by atoms with van der Waals surface area (Å²) in [4.78, 5) is 36.2. The number of benzene rings is 1. The lowest BCUT2D eigenvalue weighted by Crippen LogP contribution is -2.29. The van der Waals surface area contributed by atoms with Gasteiger partial charge in [0.05, 0.1) is 48.3 Å². The van der Waals surface area contributed by atoms with Crippen LogP contribution in [0.25, 0.3) is 5.76 Å². The first-order valence-corrected chi connectivity index (χ1v) is 10.3. The highest BCUT2D eigenvalue weighted by Crippen LogP contribution is 2.43. The van der Waals surface area contributed by atoms with E-state index < -0.39 is 23.5 Å². The minimum atomic E-state index is -0.931. The van der Waals surface area contributed by atoms with Gasteiger partial charge in [0.1, 0.15) is 23.3 Å². The molecular weight excluding hydrogens is 446 g/mol. The van der Waals surface area contributed by atoms with E-state index in [1.165, 1.54) is 31.3 Å². The van der Waals surface area contributed by atoms with Gasteiger partial charge in [-0.15, -0.1) is 0 Å². The summed E-state index contributed by atoms with van der Waals surface area (Å²) in [5.41, 5.74) is 1.06. The van der Waals surface area contributed by atoms with Gasteiger partial charge in [-0.25, -0.2) is 0 Å². The van der Waals surface area contributed by atoms with Crippen molar-refractivity contribution in [1.82, 2.24) is 14.9 Å². The summed E-state index contributed by atoms with van der Waals surface area (Å²) < 4.78 is 10.6. The van der Waals surface area contributed by atoms with E-state index >= 15 is 0 Å². The molecule has 1 unspecified atom stereocenters. The van der Waals surface area contributed by atoms with Gasteiger partial charge < -0.3 is 19.5 Å². The second kappa shape index (κ2) is 9.30. The van der Waals surface area contributed by atoms with Crippen LogP contribution in [0, 0.1) is 0 Å². The van der Waals surface area contributed by atoms with Crippen LogP contribution < -0.4 is 9.47 Å². The lowest BCUT2D eigenvalue weighted by atomic mass is 9.97. The minimum Gasteiger partial charge on any atom is -0.507 e. The summed E-state index contributed by atoms with van der Waals surface area (Å²) in [6.07, 6.45) is 3.16. The van der Waals surface area contributed by atoms with Crippen LogP contribution in [0.1, 0.15) is 23.0 Å². The van der Waals surface area contributed by atoms with Crippen LogP contribution in [0.15, 0.2) is 66.5 Å². The van der Waals surface area contributed by atoms with E-state index in [2.05, 4.69) is 9.97 Å². The minimum absolute atomic E-state index is 0.0600. The number of rotatable bonds is 6. The van der Waals surface area contributed by atoms with Gasteiger partial charge in [0.25, 0.3) is 11.7 Å². The summed E-state index contributed by atoms with van der Waals surface area (Å²) in [6, 6.07) is 12.5. The highest BCUT2D eigenvalue weighted by atomic mass is 35.5. The number of Topliss-reactive ketones (excluding diaryl/α,β-unsaturated/α-hetero) is 1. The van der Waals surface area contributed by atoms with Crippen molar-refractivity contribution < 1.29 is 24.2 Å². The number of aliphatic hydroxyl groups excluding tert-OH is 1. The predicted molar refractivity (Wildman–Crippen MR) is 121 cm³/mol. The molecule has 1 saturated heterocycles. The molecule has 8 nitrogen and oxygen atoms in total. The van der Waals surface area contributed by atoms with Crippen molar-refractivity contribution >= 4 is 29.1 Å². The summed E-state index contributed by atoms with van der Waals surface area (Å²) in [6.45, 7) is 0.0600. The second-order valence-electron chi connectivity index (χ2n) is 7.19. The molecule has 9 heteroatoms. The molecule has 2 aromatic heterocycles. The van der Waals surface area contributed by atoms with Crippen LogP contribution in [0.2, 0.25) is 5.02 Å². The molecule has 33 heavy (non-hydrogen) atoms. The van der Waals surface area contributed by atoms with Gasteiger partial charge in [-0.3, -0.25) is 19.6 Å². The van der Waals surface area contributed by atoms with E-state index in [1.807, 2.05) is 0 Å². The number of nitrogens with zero attached hydrogens (tertiary/aromatic N) is 3. The largest absolute Gasteiger partial charge is 0.507 e. The average Bonchev–Trinajstić information content (AvgIpc) is 3.09. The predicted octanol–water partition coefficient (Wildman–Crippen LogP) is 3.77. The van der Waals surface area contributed by atoms with Crippen molar-refractivity contribution in [3.05, 3.63) is 88.5 Å². The third-order valence-corrected chi connectivity index (χ3v) is 5.59. The van der Waals surface area contributed by atoms with Gasteiger partial charge in [-0.2, -0.15) is 0 Å². The highest BCUT2D eigenvalue weighted by Gasteiger charge is 2.47. The quantitative estimate of drug-likeness (QED) is 0.336. The Kier molecular flexibility index (Phi) is 6.28. The van der Waals surface area contributed by atoms with Gasteiger partial charge in [-0.1, -0.05) is 23.7 Å². The number of ether oxygens (including phenoxy) is 2. The number of carbonyl (C=O) groups excluding carboxylic acids is 2. The molecule has 1 aromatic carbocycles. The first-order chi connectivity index (χ1) is 16.0. The Bertz CT molecular complexity index is 1230. The van der Waals surface area contributed by atoms with E-state index in [4.69, 9.17) is 21.1 Å². The molecule has 1 atom stereocenters. The third kappa shape index (κ3) is 4.12. The Hall–Kier alpha value is -3.91. The molecule has 0 saturated carbocycles. The maximum atomic E-state index is 13.2. The Morgan fingerprint density at radius 1 is 1.03 bits per heavy atom. The van der Waals surface area contributed by atoms with Crippen LogP contribution in [0.3, 0.4) is 0 Å². The fourth-order valence-corrected chi connectivity index (χ4v) is 3.98. The summed E-state index contributed by atoms with van der Waals surface area (Å²) in [5.74, 6) is -1.53. The molecule has 1 N–H and O–H groups in total. The number of amides is 1. The highest BCUT2D eigenvalue weighted by molar-refractivity contribution is 6.46. The van der Waals surface area contributed by atoms with Crippen molar-refractivity contribution in [2.45, 2.75) is 12.6 Å². The number of carbonyl (C=O) groups is 2. The van der Waals surface area contributed by atoms with E-state index in [0.29, 0.717) is 11.4 Å². The first-order valence-electron chi connectivity index (χ1n) is 9.97. The molecule has 1 aliphatic heterocycles. The zero-order valence-corrected chi connectivity index (χ0v) is 18.6. The second-order valence-corrected chi connectivity index (χ2v) is 7.60. The van der Waals surface area contributed by atoms with Crippen LogP contribution in [0.5, 0.6) is 11.5 Å². The smallest absolute Gasteiger partial charge is 0.296 e. The number of halogens is 1. The first kappa shape index (κ1) is 22.3. The molecule has 1 aliphatic rings. The lowest BCUT2D eigenvalue weighted by molar-refractivity contribution is -0.140. The third-order valence-electron chi connectivity index (χ3n) is 5.30. The Labute approximate surface area is 195 Å². The Balaban J connectivity index is 1.91. The maximum Gasteiger partial charge on any atom is 0.296 e. The molecule has 0 bridgehead atoms. The number of aromatic nitrogens is 2. The van der Waals surface area contributed by atoms with E-state index in [0.717, 1.165) is 0 Å². The molecule has 1 amide bonds. The molecule has 1 fully saturated rings. The van der Waals surface area contributed by atoms with Crippen molar-refractivity contribution in [2.75, 3.05) is 14.2 Å². The van der Waals surface area contributed by atoms with Gasteiger partial charge in [0, 0.05) is 18.5 Å². The van der Waals surface area contributed by atoms with Crippen molar-refractivity contribution in [1.29, 1.82) is 0 Å². The number of pyridine rings is 2. The van der Waals surface area contributed by atoms with Crippen molar-refractivity contribution in [3.8, 4) is 11.5 Å². The molecule has 3 aromatic rings. The number of hydrogen-bond donors (Lipinski definition) is 1. The van der Waals surface area contributed by atoms with E-state index in [-0.39, 0.29) is 34.2 Å². The monoisotopic (exact) mass is 465 g/mol. The van der Waals surface area contributed by atoms with E-state index in [9.17, 15) is 14.7 Å². The molecule has 4 rings (SSSR count). The number of ketones is 1. The SMILES string of the molecule is COc1cc(/C(O)=C2\C(=O)C(=O)N(Cc3ccccn3)C2c2ccccn2)c(OC)cc1Cl. The van der Waals surface area contributed by atoms with Crippen LogP contribution in [-0.4, -0.2) is 45.9 Å². The molecule has 3 heterocycles. The summed E-state index contributed by atoms with van der Waals surface area (Å²) >= 11 is 6.19. The van der Waals surface area contributed by atoms with E-state index in [1.54, 1.807) is 48.8 Å². The lowest BCUT2D eigenvalue weighted by Gasteiger charge is -2.24. The molecular formula is C24H20ClN3O5. The Morgan fingerprint density at radius 2 is 1.73 bits per heavy atom. The van der Waals surface area contributed by atoms with Crippen LogP contribution in [-0.2, 0) is 16.1 Å². The zero-order chi connectivity index (χ0) is 23.5. The molecule has 0 radical (unpaired) electrons. The van der Waals surface area contributed by atoms with Crippen molar-refractivity contribution in [2.24, 2.45) is 0 Å². The van der Waals surface area contributed by atoms with Crippen LogP contribution >= 0.6 is 11.6 Å². The standard InChI is InChI=1S/C24H20ClN3O5/c1-32-18-12-16(25)19(33-2)11-15(18)22(29)20-21(17-8-4-6-10-27-17)28(24(31)23(20)30)13-14-7-3-5-9-26-14/h3-12,21,29H,13H2,1-2H3/b22-20+. The van der Waals surface area contributed by atoms with Gasteiger partial charge in [-0.05, 0) is 30.3 Å². The maximum absolute atomic E-state index is 13.2. The number of aliphatic hydroxyl groups is 1. The normalized spacial score (nSPS) is 17.3. The number of hydrogen-bond acceptors (Lipinski definition) is 7. The summed E-state index contributed by atoms with van der Waals surface area (Å²) in [7, 11) is 2.84. The van der Waals surface area contributed by atoms with Gasteiger partial charge in [0.15, 0.2) is 0 Å². The topological polar surface area (TPSA) is 102 Å². The van der Waals surface area contributed by atoms with Gasteiger partial charge in [0.2, 0.25) is 0 Å². The average molecular weight is 466 g/mol.